The fourth-order valence-electron chi connectivity index (χ4n) is 1.99. The van der Waals surface area contributed by atoms with Gasteiger partial charge in [-0.25, -0.2) is 0 Å². The Labute approximate surface area is 123 Å². The SMILES string of the molecule is CNC(C)c1ccc(OCc2ccccc2[N+](=O)[O-])cc1. The van der Waals surface area contributed by atoms with Gasteiger partial charge in [-0.15, -0.1) is 0 Å². The number of benzene rings is 2. The Kier molecular flexibility index (Phi) is 4.90. The first kappa shape index (κ1) is 15.0. The first-order valence-electron chi connectivity index (χ1n) is 6.74. The summed E-state index contributed by atoms with van der Waals surface area (Å²) in [6.45, 7) is 2.25. The fourth-order valence-corrected chi connectivity index (χ4v) is 1.99. The third kappa shape index (κ3) is 3.79. The van der Waals surface area contributed by atoms with Crippen molar-refractivity contribution in [3.8, 4) is 5.75 Å². The number of para-hydroxylation sites is 1. The molecule has 5 nitrogen and oxygen atoms in total. The van der Waals surface area contributed by atoms with Gasteiger partial charge in [-0.3, -0.25) is 10.1 Å². The number of hydrogen-bond donors (Lipinski definition) is 1. The smallest absolute Gasteiger partial charge is 0.276 e. The average Bonchev–Trinajstić information content (AvgIpc) is 2.52. The van der Waals surface area contributed by atoms with E-state index in [2.05, 4.69) is 12.2 Å². The third-order valence-corrected chi connectivity index (χ3v) is 3.40. The number of nitro groups is 1. The number of nitro benzene ring substituents is 1. The van der Waals surface area contributed by atoms with E-state index in [-0.39, 0.29) is 18.3 Å². The zero-order chi connectivity index (χ0) is 15.2. The molecule has 0 aromatic heterocycles. The molecule has 0 saturated heterocycles. The normalized spacial score (nSPS) is 11.9. The first-order valence-corrected chi connectivity index (χ1v) is 6.74. The van der Waals surface area contributed by atoms with Gasteiger partial charge in [0.15, 0.2) is 0 Å². The molecule has 0 spiro atoms. The average molecular weight is 286 g/mol. The molecule has 110 valence electrons. The summed E-state index contributed by atoms with van der Waals surface area (Å²) in [5, 5.41) is 14.1. The van der Waals surface area contributed by atoms with Crippen molar-refractivity contribution in [2.75, 3.05) is 7.05 Å². The van der Waals surface area contributed by atoms with Crippen LogP contribution >= 0.6 is 0 Å². The maximum atomic E-state index is 10.9. The Balaban J connectivity index is 2.05. The highest BCUT2D eigenvalue weighted by Gasteiger charge is 2.12. The molecule has 0 fully saturated rings. The number of nitrogens with zero attached hydrogens (tertiary/aromatic N) is 1. The molecule has 0 aliphatic rings. The summed E-state index contributed by atoms with van der Waals surface area (Å²) < 4.78 is 5.63. The Bertz CT molecular complexity index is 611. The van der Waals surface area contributed by atoms with Crippen LogP contribution in [0.15, 0.2) is 48.5 Å². The van der Waals surface area contributed by atoms with Crippen molar-refractivity contribution in [2.45, 2.75) is 19.6 Å². The molecule has 1 N–H and O–H groups in total. The quantitative estimate of drug-likeness (QED) is 0.652. The summed E-state index contributed by atoms with van der Waals surface area (Å²) in [6, 6.07) is 14.6. The lowest BCUT2D eigenvalue weighted by molar-refractivity contribution is -0.385. The van der Waals surface area contributed by atoms with Gasteiger partial charge in [0, 0.05) is 12.1 Å². The monoisotopic (exact) mass is 286 g/mol. The van der Waals surface area contributed by atoms with Gasteiger partial charge in [0.2, 0.25) is 0 Å². The maximum Gasteiger partial charge on any atom is 0.276 e. The standard InChI is InChI=1S/C16H18N2O3/c1-12(17-2)13-7-9-15(10-8-13)21-11-14-5-3-4-6-16(14)18(19)20/h3-10,12,17H,11H2,1-2H3. The largest absolute Gasteiger partial charge is 0.489 e. The lowest BCUT2D eigenvalue weighted by Crippen LogP contribution is -2.11. The molecular formula is C16H18N2O3. The van der Waals surface area contributed by atoms with E-state index in [0.717, 1.165) is 5.56 Å². The molecule has 1 unspecified atom stereocenters. The Morgan fingerprint density at radius 1 is 1.19 bits per heavy atom. The number of ether oxygens (including phenoxy) is 1. The molecule has 0 saturated carbocycles. The molecule has 5 heteroatoms. The summed E-state index contributed by atoms with van der Waals surface area (Å²) in [5.74, 6) is 0.695. The topological polar surface area (TPSA) is 64.4 Å². The second-order valence-electron chi connectivity index (χ2n) is 4.75. The number of hydrogen-bond acceptors (Lipinski definition) is 4. The molecule has 0 aliphatic heterocycles. The van der Waals surface area contributed by atoms with Gasteiger partial charge in [0.25, 0.3) is 5.69 Å². The van der Waals surface area contributed by atoms with E-state index in [0.29, 0.717) is 11.3 Å². The predicted octanol–water partition coefficient (Wildman–Crippen LogP) is 3.45. The lowest BCUT2D eigenvalue weighted by atomic mass is 10.1. The zero-order valence-electron chi connectivity index (χ0n) is 12.1. The van der Waals surface area contributed by atoms with E-state index in [1.54, 1.807) is 18.2 Å². The van der Waals surface area contributed by atoms with E-state index in [1.807, 2.05) is 31.3 Å². The number of nitrogens with one attached hydrogen (secondary N) is 1. The lowest BCUT2D eigenvalue weighted by Gasteiger charge is -2.12. The molecule has 0 heterocycles. The van der Waals surface area contributed by atoms with Crippen LogP contribution in [0.1, 0.15) is 24.1 Å². The predicted molar refractivity (Wildman–Crippen MR) is 81.3 cm³/mol. The summed E-state index contributed by atoms with van der Waals surface area (Å²) in [7, 11) is 1.91. The minimum atomic E-state index is -0.392. The van der Waals surface area contributed by atoms with Crippen LogP contribution in [0.4, 0.5) is 5.69 Å². The van der Waals surface area contributed by atoms with E-state index in [4.69, 9.17) is 4.74 Å². The maximum absolute atomic E-state index is 10.9. The van der Waals surface area contributed by atoms with Crippen molar-refractivity contribution >= 4 is 5.69 Å². The number of rotatable bonds is 6. The summed E-state index contributed by atoms with van der Waals surface area (Å²) in [4.78, 5) is 10.5. The molecule has 1 atom stereocenters. The van der Waals surface area contributed by atoms with Gasteiger partial charge in [0.1, 0.15) is 12.4 Å². The van der Waals surface area contributed by atoms with Gasteiger partial charge in [-0.1, -0.05) is 24.3 Å². The molecule has 2 rings (SSSR count). The summed E-state index contributed by atoms with van der Waals surface area (Å²) in [5.41, 5.74) is 1.81. The minimum Gasteiger partial charge on any atom is -0.489 e. The summed E-state index contributed by atoms with van der Waals surface area (Å²) >= 11 is 0. The second-order valence-corrected chi connectivity index (χ2v) is 4.75. The molecule has 0 bridgehead atoms. The van der Waals surface area contributed by atoms with Gasteiger partial charge >= 0.3 is 0 Å². The Morgan fingerprint density at radius 2 is 1.86 bits per heavy atom. The van der Waals surface area contributed by atoms with Crippen molar-refractivity contribution in [3.05, 3.63) is 69.8 Å². The van der Waals surface area contributed by atoms with Gasteiger partial charge in [0.05, 0.1) is 10.5 Å². The molecule has 21 heavy (non-hydrogen) atoms. The van der Waals surface area contributed by atoms with Crippen LogP contribution in [-0.4, -0.2) is 12.0 Å². The van der Waals surface area contributed by atoms with Crippen LogP contribution in [0.2, 0.25) is 0 Å². The molecule has 0 radical (unpaired) electrons. The van der Waals surface area contributed by atoms with Gasteiger partial charge in [-0.05, 0) is 37.7 Å². The van der Waals surface area contributed by atoms with Gasteiger partial charge < -0.3 is 10.1 Å². The van der Waals surface area contributed by atoms with Crippen LogP contribution in [0.5, 0.6) is 5.75 Å². The van der Waals surface area contributed by atoms with E-state index in [9.17, 15) is 10.1 Å². The first-order chi connectivity index (χ1) is 10.1. The molecule has 0 aliphatic carbocycles. The van der Waals surface area contributed by atoms with Crippen molar-refractivity contribution in [1.29, 1.82) is 0 Å². The van der Waals surface area contributed by atoms with E-state index in [1.165, 1.54) is 6.07 Å². The van der Waals surface area contributed by atoms with Crippen LogP contribution in [0.25, 0.3) is 0 Å². The molecule has 0 amide bonds. The Hall–Kier alpha value is -2.40. The highest BCUT2D eigenvalue weighted by atomic mass is 16.6. The Morgan fingerprint density at radius 3 is 2.48 bits per heavy atom. The zero-order valence-corrected chi connectivity index (χ0v) is 12.1. The van der Waals surface area contributed by atoms with Crippen molar-refractivity contribution in [3.63, 3.8) is 0 Å². The fraction of sp³-hybridized carbons (Fsp3) is 0.250. The van der Waals surface area contributed by atoms with Crippen LogP contribution in [-0.2, 0) is 6.61 Å². The van der Waals surface area contributed by atoms with E-state index < -0.39 is 4.92 Å². The summed E-state index contributed by atoms with van der Waals surface area (Å²) in [6.07, 6.45) is 0. The van der Waals surface area contributed by atoms with E-state index >= 15 is 0 Å². The third-order valence-electron chi connectivity index (χ3n) is 3.40. The van der Waals surface area contributed by atoms with Crippen LogP contribution in [0, 0.1) is 10.1 Å². The molecule has 2 aromatic carbocycles. The second kappa shape index (κ2) is 6.85. The minimum absolute atomic E-state index is 0.0814. The van der Waals surface area contributed by atoms with Crippen LogP contribution in [0.3, 0.4) is 0 Å². The molecule has 2 aromatic rings. The molecular weight excluding hydrogens is 268 g/mol. The highest BCUT2D eigenvalue weighted by Crippen LogP contribution is 2.21. The van der Waals surface area contributed by atoms with Crippen molar-refractivity contribution in [2.24, 2.45) is 0 Å². The van der Waals surface area contributed by atoms with Crippen molar-refractivity contribution in [1.82, 2.24) is 5.32 Å². The van der Waals surface area contributed by atoms with Gasteiger partial charge in [-0.2, -0.15) is 0 Å². The highest BCUT2D eigenvalue weighted by molar-refractivity contribution is 5.39. The van der Waals surface area contributed by atoms with Crippen LogP contribution < -0.4 is 10.1 Å². The van der Waals surface area contributed by atoms with Crippen molar-refractivity contribution < 1.29 is 9.66 Å².